The van der Waals surface area contributed by atoms with E-state index in [1.54, 1.807) is 0 Å². The molecule has 0 unspecified atom stereocenters. The number of hydrogen-bond donors (Lipinski definition) is 1. The summed E-state index contributed by atoms with van der Waals surface area (Å²) >= 11 is 3.13. The Morgan fingerprint density at radius 1 is 1.14 bits per heavy atom. The van der Waals surface area contributed by atoms with Gasteiger partial charge >= 0.3 is 0 Å². The van der Waals surface area contributed by atoms with Gasteiger partial charge in [-0.05, 0) is 17.7 Å². The highest BCUT2D eigenvalue weighted by Crippen LogP contribution is 2.29. The van der Waals surface area contributed by atoms with E-state index in [1.807, 2.05) is 0 Å². The number of anilines is 1. The van der Waals surface area contributed by atoms with Crippen molar-refractivity contribution < 1.29 is 18.1 Å². The molecular weight excluding hydrogens is 353 g/mol. The van der Waals surface area contributed by atoms with E-state index < -0.39 is 33.7 Å². The van der Waals surface area contributed by atoms with E-state index >= 15 is 0 Å². The van der Waals surface area contributed by atoms with Crippen LogP contribution in [-0.2, 0) is 6.54 Å². The van der Waals surface area contributed by atoms with Crippen LogP contribution < -0.4 is 5.32 Å². The van der Waals surface area contributed by atoms with Gasteiger partial charge in [0.25, 0.3) is 5.69 Å². The standard InChI is InChI=1S/C13H8BrF3N2O2/c14-10-3-8(15)2-1-7(10)6-18-13-11(17)4-9(16)5-12(13)19(20)21/h1-5,18H,6H2. The molecule has 2 aromatic rings. The second-order valence-corrected chi connectivity index (χ2v) is 4.98. The molecule has 0 aliphatic carbocycles. The van der Waals surface area contributed by atoms with E-state index in [-0.39, 0.29) is 6.54 Å². The first-order valence-corrected chi connectivity index (χ1v) is 6.49. The fourth-order valence-corrected chi connectivity index (χ4v) is 2.22. The van der Waals surface area contributed by atoms with Crippen molar-refractivity contribution in [2.45, 2.75) is 6.54 Å². The molecule has 0 aliphatic heterocycles. The van der Waals surface area contributed by atoms with E-state index in [9.17, 15) is 23.3 Å². The lowest BCUT2D eigenvalue weighted by atomic mass is 10.2. The van der Waals surface area contributed by atoms with Crippen LogP contribution in [0, 0.1) is 27.6 Å². The number of nitro benzene ring substituents is 1. The molecule has 0 saturated carbocycles. The highest BCUT2D eigenvalue weighted by molar-refractivity contribution is 9.10. The normalized spacial score (nSPS) is 10.5. The summed E-state index contributed by atoms with van der Waals surface area (Å²) in [6.07, 6.45) is 0. The van der Waals surface area contributed by atoms with Gasteiger partial charge in [-0.25, -0.2) is 13.2 Å². The molecule has 2 aromatic carbocycles. The predicted octanol–water partition coefficient (Wildman–Crippen LogP) is 4.39. The number of nitrogens with zero attached hydrogens (tertiary/aromatic N) is 1. The lowest BCUT2D eigenvalue weighted by Gasteiger charge is -2.10. The van der Waals surface area contributed by atoms with E-state index in [0.29, 0.717) is 22.2 Å². The second-order valence-electron chi connectivity index (χ2n) is 4.13. The molecule has 0 atom stereocenters. The van der Waals surface area contributed by atoms with Gasteiger partial charge < -0.3 is 5.32 Å². The molecule has 0 amide bonds. The minimum Gasteiger partial charge on any atom is -0.373 e. The van der Waals surface area contributed by atoms with Gasteiger partial charge in [-0.3, -0.25) is 10.1 Å². The molecule has 8 heteroatoms. The van der Waals surface area contributed by atoms with Crippen LogP contribution in [-0.4, -0.2) is 4.92 Å². The van der Waals surface area contributed by atoms with Gasteiger partial charge in [0, 0.05) is 17.1 Å². The van der Waals surface area contributed by atoms with Gasteiger partial charge in [0.15, 0.2) is 5.82 Å². The lowest BCUT2D eigenvalue weighted by Crippen LogP contribution is -2.06. The lowest BCUT2D eigenvalue weighted by molar-refractivity contribution is -0.384. The zero-order valence-corrected chi connectivity index (χ0v) is 12.0. The van der Waals surface area contributed by atoms with Crippen molar-refractivity contribution in [1.29, 1.82) is 0 Å². The molecule has 1 N–H and O–H groups in total. The summed E-state index contributed by atoms with van der Waals surface area (Å²) < 4.78 is 40.1. The van der Waals surface area contributed by atoms with Gasteiger partial charge in [0.05, 0.1) is 11.0 Å². The van der Waals surface area contributed by atoms with E-state index in [2.05, 4.69) is 21.2 Å². The van der Waals surface area contributed by atoms with Crippen LogP contribution in [0.3, 0.4) is 0 Å². The van der Waals surface area contributed by atoms with Crippen molar-refractivity contribution in [2.75, 3.05) is 5.32 Å². The van der Waals surface area contributed by atoms with Crippen molar-refractivity contribution in [3.8, 4) is 0 Å². The van der Waals surface area contributed by atoms with Crippen LogP contribution in [0.1, 0.15) is 5.56 Å². The molecule has 0 fully saturated rings. The van der Waals surface area contributed by atoms with Crippen LogP contribution in [0.2, 0.25) is 0 Å². The maximum Gasteiger partial charge on any atom is 0.298 e. The van der Waals surface area contributed by atoms with Gasteiger partial charge in [-0.2, -0.15) is 0 Å². The molecule has 2 rings (SSSR count). The van der Waals surface area contributed by atoms with Crippen molar-refractivity contribution in [1.82, 2.24) is 0 Å². The Morgan fingerprint density at radius 2 is 1.86 bits per heavy atom. The zero-order valence-electron chi connectivity index (χ0n) is 10.4. The van der Waals surface area contributed by atoms with Crippen molar-refractivity contribution in [3.05, 3.63) is 67.9 Å². The highest BCUT2D eigenvalue weighted by Gasteiger charge is 2.20. The first kappa shape index (κ1) is 15.3. The third-order valence-electron chi connectivity index (χ3n) is 2.70. The van der Waals surface area contributed by atoms with Crippen LogP contribution >= 0.6 is 15.9 Å². The fraction of sp³-hybridized carbons (Fsp3) is 0.0769. The molecule has 0 aliphatic rings. The molecular formula is C13H8BrF3N2O2. The van der Waals surface area contributed by atoms with E-state index in [1.165, 1.54) is 18.2 Å². The molecule has 0 bridgehead atoms. The maximum absolute atomic E-state index is 13.7. The van der Waals surface area contributed by atoms with Gasteiger partial charge in [-0.1, -0.05) is 22.0 Å². The molecule has 110 valence electrons. The van der Waals surface area contributed by atoms with Crippen molar-refractivity contribution in [2.24, 2.45) is 0 Å². The molecule has 0 saturated heterocycles. The van der Waals surface area contributed by atoms with Crippen LogP contribution in [0.15, 0.2) is 34.8 Å². The quantitative estimate of drug-likeness (QED) is 0.649. The third kappa shape index (κ3) is 3.52. The Labute approximate surface area is 125 Å². The number of halogens is 4. The molecule has 0 spiro atoms. The fourth-order valence-electron chi connectivity index (χ4n) is 1.73. The Bertz CT molecular complexity index is 710. The van der Waals surface area contributed by atoms with Crippen LogP contribution in [0.5, 0.6) is 0 Å². The van der Waals surface area contributed by atoms with Gasteiger partial charge in [-0.15, -0.1) is 0 Å². The van der Waals surface area contributed by atoms with Gasteiger partial charge in [0.1, 0.15) is 17.3 Å². The first-order chi connectivity index (χ1) is 9.88. The largest absolute Gasteiger partial charge is 0.373 e. The number of nitro groups is 1. The summed E-state index contributed by atoms with van der Waals surface area (Å²) in [6, 6.07) is 5.05. The molecule has 21 heavy (non-hydrogen) atoms. The average molecular weight is 361 g/mol. The second kappa shape index (κ2) is 6.13. The predicted molar refractivity (Wildman–Crippen MR) is 74.4 cm³/mol. The molecule has 0 heterocycles. The molecule has 0 aromatic heterocycles. The minimum atomic E-state index is -1.07. The topological polar surface area (TPSA) is 55.2 Å². The number of hydrogen-bond acceptors (Lipinski definition) is 3. The summed E-state index contributed by atoms with van der Waals surface area (Å²) in [7, 11) is 0. The number of nitrogens with one attached hydrogen (secondary N) is 1. The Hall–Kier alpha value is -2.09. The van der Waals surface area contributed by atoms with Crippen LogP contribution in [0.4, 0.5) is 24.5 Å². The number of benzene rings is 2. The van der Waals surface area contributed by atoms with E-state index in [0.717, 1.165) is 0 Å². The van der Waals surface area contributed by atoms with Crippen molar-refractivity contribution >= 4 is 27.3 Å². The highest BCUT2D eigenvalue weighted by atomic mass is 79.9. The zero-order chi connectivity index (χ0) is 15.6. The Balaban J connectivity index is 2.29. The summed E-state index contributed by atoms with van der Waals surface area (Å²) in [6.45, 7) is 0.00422. The maximum atomic E-state index is 13.7. The average Bonchev–Trinajstić information content (AvgIpc) is 2.38. The van der Waals surface area contributed by atoms with Crippen LogP contribution in [0.25, 0.3) is 0 Å². The smallest absolute Gasteiger partial charge is 0.298 e. The number of rotatable bonds is 4. The minimum absolute atomic E-state index is 0.00422. The monoisotopic (exact) mass is 360 g/mol. The Kier molecular flexibility index (Phi) is 4.46. The molecule has 4 nitrogen and oxygen atoms in total. The first-order valence-electron chi connectivity index (χ1n) is 5.69. The van der Waals surface area contributed by atoms with Crippen molar-refractivity contribution in [3.63, 3.8) is 0 Å². The molecule has 0 radical (unpaired) electrons. The SMILES string of the molecule is O=[N+]([O-])c1cc(F)cc(F)c1NCc1ccc(F)cc1Br. The summed E-state index contributed by atoms with van der Waals surface area (Å²) in [5.74, 6) is -2.56. The summed E-state index contributed by atoms with van der Waals surface area (Å²) in [5, 5.41) is 13.4. The Morgan fingerprint density at radius 3 is 2.48 bits per heavy atom. The van der Waals surface area contributed by atoms with E-state index in [4.69, 9.17) is 0 Å². The third-order valence-corrected chi connectivity index (χ3v) is 3.44. The summed E-state index contributed by atoms with van der Waals surface area (Å²) in [4.78, 5) is 9.94. The van der Waals surface area contributed by atoms with Gasteiger partial charge in [0.2, 0.25) is 0 Å². The summed E-state index contributed by atoms with van der Waals surface area (Å²) in [5.41, 5.74) is -0.558.